The van der Waals surface area contributed by atoms with Crippen LogP contribution in [0.25, 0.3) is 22.4 Å². The van der Waals surface area contributed by atoms with Crippen LogP contribution in [0.1, 0.15) is 17.4 Å². The number of hydrogen-bond acceptors (Lipinski definition) is 5. The molecule has 2 aromatic carbocycles. The van der Waals surface area contributed by atoms with Crippen molar-refractivity contribution in [1.82, 2.24) is 4.98 Å². The monoisotopic (exact) mass is 383 g/mol. The number of phenols is 1. The number of aromatic hydroxyl groups is 1. The smallest absolute Gasteiger partial charge is 0.356 e. The van der Waals surface area contributed by atoms with Gasteiger partial charge in [-0.15, -0.1) is 0 Å². The van der Waals surface area contributed by atoms with Gasteiger partial charge in [0, 0.05) is 16.7 Å². The highest BCUT2D eigenvalue weighted by atomic mass is 35.5. The first-order valence-corrected chi connectivity index (χ1v) is 8.73. The summed E-state index contributed by atoms with van der Waals surface area (Å²) >= 11 is 5.93. The van der Waals surface area contributed by atoms with Gasteiger partial charge in [0.25, 0.3) is 0 Å². The lowest BCUT2D eigenvalue weighted by molar-refractivity contribution is 0.0519. The van der Waals surface area contributed by atoms with Gasteiger partial charge in [-0.05, 0) is 37.3 Å². The van der Waals surface area contributed by atoms with Crippen LogP contribution in [0.3, 0.4) is 0 Å². The molecule has 0 spiro atoms. The number of benzene rings is 2. The van der Waals surface area contributed by atoms with Crippen LogP contribution in [0.15, 0.2) is 54.6 Å². The molecule has 0 amide bonds. The van der Waals surface area contributed by atoms with Gasteiger partial charge < -0.3 is 14.6 Å². The van der Waals surface area contributed by atoms with E-state index in [2.05, 4.69) is 4.98 Å². The van der Waals surface area contributed by atoms with Crippen molar-refractivity contribution < 1.29 is 19.4 Å². The van der Waals surface area contributed by atoms with Gasteiger partial charge in [0.15, 0.2) is 0 Å². The van der Waals surface area contributed by atoms with E-state index in [0.29, 0.717) is 17.0 Å². The van der Waals surface area contributed by atoms with E-state index >= 15 is 0 Å². The second kappa shape index (κ2) is 8.10. The SMILES string of the molecule is CCOC(=O)c1ccc(-c2ccccc2OC)c(-c2ccc(Cl)c(O)c2)n1. The van der Waals surface area contributed by atoms with E-state index in [1.54, 1.807) is 38.3 Å². The third-order valence-corrected chi connectivity index (χ3v) is 4.32. The molecule has 0 saturated carbocycles. The highest BCUT2D eigenvalue weighted by Crippen LogP contribution is 2.38. The first kappa shape index (κ1) is 18.7. The van der Waals surface area contributed by atoms with Gasteiger partial charge in [-0.3, -0.25) is 0 Å². The molecule has 138 valence electrons. The molecule has 3 rings (SSSR count). The van der Waals surface area contributed by atoms with Gasteiger partial charge in [-0.2, -0.15) is 0 Å². The largest absolute Gasteiger partial charge is 0.506 e. The number of rotatable bonds is 5. The highest BCUT2D eigenvalue weighted by Gasteiger charge is 2.18. The number of phenolic OH excluding ortho intramolecular Hbond substituents is 1. The molecule has 0 saturated heterocycles. The Hall–Kier alpha value is -3.05. The molecule has 1 N–H and O–H groups in total. The number of carbonyl (C=O) groups excluding carboxylic acids is 1. The molecule has 1 heterocycles. The fourth-order valence-corrected chi connectivity index (χ4v) is 2.86. The number of hydrogen-bond donors (Lipinski definition) is 1. The highest BCUT2D eigenvalue weighted by molar-refractivity contribution is 6.32. The van der Waals surface area contributed by atoms with Gasteiger partial charge in [-0.1, -0.05) is 35.9 Å². The summed E-state index contributed by atoms with van der Waals surface area (Å²) in [5.74, 6) is 0.0922. The molecule has 0 unspecified atom stereocenters. The maximum Gasteiger partial charge on any atom is 0.356 e. The summed E-state index contributed by atoms with van der Waals surface area (Å²) in [5, 5.41) is 10.2. The van der Waals surface area contributed by atoms with Crippen LogP contribution in [0.4, 0.5) is 0 Å². The molecule has 3 aromatic rings. The van der Waals surface area contributed by atoms with Gasteiger partial charge in [0.2, 0.25) is 0 Å². The number of methoxy groups -OCH3 is 1. The number of aromatic nitrogens is 1. The van der Waals surface area contributed by atoms with Crippen molar-refractivity contribution >= 4 is 17.6 Å². The number of para-hydroxylation sites is 1. The quantitative estimate of drug-likeness (QED) is 0.630. The number of halogens is 1. The molecular formula is C21H18ClNO4. The standard InChI is InChI=1S/C21H18ClNO4/c1-3-27-21(25)17-11-9-15(14-6-4-5-7-19(14)26-2)20(23-17)13-8-10-16(22)18(24)12-13/h4-12,24H,3H2,1-2H3. The number of carbonyl (C=O) groups is 1. The molecule has 0 bridgehead atoms. The number of ether oxygens (including phenoxy) is 2. The minimum absolute atomic E-state index is 0.0662. The molecule has 1 aromatic heterocycles. The van der Waals surface area contributed by atoms with E-state index in [0.717, 1.165) is 11.1 Å². The van der Waals surface area contributed by atoms with E-state index < -0.39 is 5.97 Å². The maximum atomic E-state index is 12.1. The number of nitrogens with zero attached hydrogens (tertiary/aromatic N) is 1. The average molecular weight is 384 g/mol. The van der Waals surface area contributed by atoms with Crippen molar-refractivity contribution in [2.75, 3.05) is 13.7 Å². The predicted molar refractivity (Wildman–Crippen MR) is 104 cm³/mol. The van der Waals surface area contributed by atoms with Crippen molar-refractivity contribution in [1.29, 1.82) is 0 Å². The molecule has 0 radical (unpaired) electrons. The zero-order valence-corrected chi connectivity index (χ0v) is 15.7. The first-order valence-electron chi connectivity index (χ1n) is 8.35. The lowest BCUT2D eigenvalue weighted by Gasteiger charge is -2.14. The summed E-state index contributed by atoms with van der Waals surface area (Å²) in [6, 6.07) is 15.7. The van der Waals surface area contributed by atoms with E-state index in [-0.39, 0.29) is 23.1 Å². The minimum Gasteiger partial charge on any atom is -0.506 e. The van der Waals surface area contributed by atoms with Crippen molar-refractivity contribution in [3.8, 4) is 33.9 Å². The maximum absolute atomic E-state index is 12.1. The van der Waals surface area contributed by atoms with Gasteiger partial charge in [0.05, 0.1) is 24.4 Å². The Morgan fingerprint density at radius 1 is 1.11 bits per heavy atom. The van der Waals surface area contributed by atoms with E-state index in [9.17, 15) is 9.90 Å². The predicted octanol–water partition coefficient (Wildman–Crippen LogP) is 4.96. The summed E-state index contributed by atoms with van der Waals surface area (Å²) in [7, 11) is 1.59. The fraction of sp³-hybridized carbons (Fsp3) is 0.143. The van der Waals surface area contributed by atoms with Crippen molar-refractivity contribution in [3.63, 3.8) is 0 Å². The summed E-state index contributed by atoms with van der Waals surface area (Å²) < 4.78 is 10.5. The second-order valence-corrected chi connectivity index (χ2v) is 6.09. The molecule has 0 aliphatic rings. The Morgan fingerprint density at radius 3 is 2.59 bits per heavy atom. The summed E-state index contributed by atoms with van der Waals surface area (Å²) in [6.45, 7) is 1.99. The molecule has 0 aliphatic heterocycles. The van der Waals surface area contributed by atoms with Gasteiger partial charge in [-0.25, -0.2) is 9.78 Å². The zero-order chi connectivity index (χ0) is 19.4. The van der Waals surface area contributed by atoms with Crippen molar-refractivity contribution in [2.24, 2.45) is 0 Å². The van der Waals surface area contributed by atoms with E-state index in [1.807, 2.05) is 24.3 Å². The zero-order valence-electron chi connectivity index (χ0n) is 14.9. The van der Waals surface area contributed by atoms with Crippen molar-refractivity contribution in [2.45, 2.75) is 6.92 Å². The molecule has 0 atom stereocenters. The lowest BCUT2D eigenvalue weighted by atomic mass is 9.98. The Morgan fingerprint density at radius 2 is 1.89 bits per heavy atom. The average Bonchev–Trinajstić information content (AvgIpc) is 2.69. The molecule has 27 heavy (non-hydrogen) atoms. The van der Waals surface area contributed by atoms with Crippen LogP contribution in [-0.4, -0.2) is 29.8 Å². The number of pyridine rings is 1. The summed E-state index contributed by atoms with van der Waals surface area (Å²) in [5.41, 5.74) is 2.87. The second-order valence-electron chi connectivity index (χ2n) is 5.68. The molecule has 0 fully saturated rings. The van der Waals surface area contributed by atoms with Crippen LogP contribution in [0, 0.1) is 0 Å². The van der Waals surface area contributed by atoms with Gasteiger partial charge >= 0.3 is 5.97 Å². The van der Waals surface area contributed by atoms with Crippen LogP contribution < -0.4 is 4.74 Å². The molecular weight excluding hydrogens is 366 g/mol. The Balaban J connectivity index is 2.23. The Labute approximate surface area is 162 Å². The topological polar surface area (TPSA) is 68.7 Å². The van der Waals surface area contributed by atoms with E-state index in [1.165, 1.54) is 6.07 Å². The lowest BCUT2D eigenvalue weighted by Crippen LogP contribution is -2.08. The number of esters is 1. The van der Waals surface area contributed by atoms with Crippen LogP contribution in [0.2, 0.25) is 5.02 Å². The minimum atomic E-state index is -0.511. The third-order valence-electron chi connectivity index (χ3n) is 4.00. The molecule has 6 heteroatoms. The first-order chi connectivity index (χ1) is 13.0. The van der Waals surface area contributed by atoms with Gasteiger partial charge in [0.1, 0.15) is 17.2 Å². The van der Waals surface area contributed by atoms with Crippen molar-refractivity contribution in [3.05, 3.63) is 65.3 Å². The molecule has 0 aliphatic carbocycles. The van der Waals surface area contributed by atoms with Crippen LogP contribution >= 0.6 is 11.6 Å². The van der Waals surface area contributed by atoms with E-state index in [4.69, 9.17) is 21.1 Å². The third kappa shape index (κ3) is 3.88. The Bertz CT molecular complexity index is 988. The Kier molecular flexibility index (Phi) is 5.62. The normalized spacial score (nSPS) is 10.5. The van der Waals surface area contributed by atoms with Crippen LogP contribution in [-0.2, 0) is 4.74 Å². The summed E-state index contributed by atoms with van der Waals surface area (Å²) in [6.07, 6.45) is 0. The summed E-state index contributed by atoms with van der Waals surface area (Å²) in [4.78, 5) is 16.6. The molecule has 5 nitrogen and oxygen atoms in total. The fourth-order valence-electron chi connectivity index (χ4n) is 2.74. The van der Waals surface area contributed by atoms with Crippen LogP contribution in [0.5, 0.6) is 11.5 Å².